The van der Waals surface area contributed by atoms with Gasteiger partial charge >= 0.3 is 0 Å². The van der Waals surface area contributed by atoms with E-state index in [0.717, 1.165) is 25.2 Å². The van der Waals surface area contributed by atoms with E-state index in [9.17, 15) is 0 Å². The summed E-state index contributed by atoms with van der Waals surface area (Å²) in [5.41, 5.74) is 4.82. The lowest BCUT2D eigenvalue weighted by molar-refractivity contribution is 0.435. The number of fused-ring (bicyclic) bond motifs is 1. The summed E-state index contributed by atoms with van der Waals surface area (Å²) >= 11 is 0. The molecule has 1 N–H and O–H groups in total. The van der Waals surface area contributed by atoms with Crippen molar-refractivity contribution in [1.29, 1.82) is 0 Å². The number of piperidine rings is 1. The maximum Gasteiger partial charge on any atom is 0.113 e. The number of hydrogen-bond donors (Lipinski definition) is 1. The molecule has 0 bridgehead atoms. The second-order valence-corrected chi connectivity index (χ2v) is 6.03. The zero-order valence-electron chi connectivity index (χ0n) is 12.4. The van der Waals surface area contributed by atoms with Gasteiger partial charge in [0.1, 0.15) is 5.82 Å². The minimum absolute atomic E-state index is 0.573. The van der Waals surface area contributed by atoms with Crippen LogP contribution in [0, 0.1) is 6.92 Å². The van der Waals surface area contributed by atoms with E-state index in [1.165, 1.54) is 35.3 Å². The van der Waals surface area contributed by atoms with E-state index in [0.29, 0.717) is 5.92 Å². The lowest BCUT2D eigenvalue weighted by atomic mass is 9.97. The number of imidazole rings is 1. The third-order valence-electron chi connectivity index (χ3n) is 4.07. The van der Waals surface area contributed by atoms with Crippen molar-refractivity contribution in [2.45, 2.75) is 39.2 Å². The van der Waals surface area contributed by atoms with Gasteiger partial charge in [-0.3, -0.25) is 0 Å². The molecule has 1 fully saturated rings. The van der Waals surface area contributed by atoms with Crippen LogP contribution in [0.3, 0.4) is 0 Å². The number of nitrogens with zero attached hydrogens (tertiary/aromatic N) is 2. The Kier molecular flexibility index (Phi) is 3.62. The fourth-order valence-corrected chi connectivity index (χ4v) is 3.09. The number of rotatable bonds is 3. The Bertz CT molecular complexity index is 633. The predicted molar refractivity (Wildman–Crippen MR) is 84.1 cm³/mol. The lowest BCUT2D eigenvalue weighted by Crippen LogP contribution is -2.28. The molecule has 1 aromatic heterocycles. The molecule has 1 aromatic carbocycles. The van der Waals surface area contributed by atoms with Gasteiger partial charge in [0.2, 0.25) is 0 Å². The van der Waals surface area contributed by atoms with Crippen LogP contribution in [0.2, 0.25) is 0 Å². The minimum atomic E-state index is 0.573. The van der Waals surface area contributed by atoms with E-state index < -0.39 is 0 Å². The van der Waals surface area contributed by atoms with Crippen molar-refractivity contribution in [1.82, 2.24) is 14.9 Å². The van der Waals surface area contributed by atoms with Crippen LogP contribution >= 0.6 is 0 Å². The van der Waals surface area contributed by atoms with E-state index in [2.05, 4.69) is 48.5 Å². The first-order valence-electron chi connectivity index (χ1n) is 7.47. The molecule has 2 heterocycles. The van der Waals surface area contributed by atoms with Gasteiger partial charge in [-0.15, -0.1) is 0 Å². The summed E-state index contributed by atoms with van der Waals surface area (Å²) < 4.78 is 2.37. The summed E-state index contributed by atoms with van der Waals surface area (Å²) in [6, 6.07) is 6.56. The summed E-state index contributed by atoms with van der Waals surface area (Å²) in [5.74, 6) is 1.82. The van der Waals surface area contributed by atoms with Crippen molar-refractivity contribution in [3.8, 4) is 0 Å². The third-order valence-corrected chi connectivity index (χ3v) is 4.07. The average Bonchev–Trinajstić information content (AvgIpc) is 2.77. The van der Waals surface area contributed by atoms with Gasteiger partial charge in [-0.2, -0.15) is 0 Å². The normalized spacial score (nSPS) is 16.7. The Balaban J connectivity index is 2.10. The predicted octanol–water partition coefficient (Wildman–Crippen LogP) is 3.39. The van der Waals surface area contributed by atoms with Crippen molar-refractivity contribution >= 4 is 11.0 Å². The summed E-state index contributed by atoms with van der Waals surface area (Å²) in [7, 11) is 0. The Hall–Kier alpha value is -1.61. The summed E-state index contributed by atoms with van der Waals surface area (Å²) in [6.45, 7) is 11.4. The Morgan fingerprint density at radius 1 is 1.40 bits per heavy atom. The number of allylic oxidation sites excluding steroid dienone is 1. The molecule has 106 valence electrons. The van der Waals surface area contributed by atoms with Crippen molar-refractivity contribution in [2.24, 2.45) is 0 Å². The number of hydrogen-bond acceptors (Lipinski definition) is 2. The van der Waals surface area contributed by atoms with Crippen LogP contribution in [-0.4, -0.2) is 22.6 Å². The Morgan fingerprint density at radius 3 is 2.85 bits per heavy atom. The van der Waals surface area contributed by atoms with Crippen molar-refractivity contribution in [3.63, 3.8) is 0 Å². The van der Waals surface area contributed by atoms with Crippen LogP contribution in [0.4, 0.5) is 0 Å². The molecule has 0 radical (unpaired) electrons. The highest BCUT2D eigenvalue weighted by molar-refractivity contribution is 5.77. The van der Waals surface area contributed by atoms with E-state index in [1.807, 2.05) is 0 Å². The minimum Gasteiger partial charge on any atom is -0.324 e. The molecule has 1 saturated heterocycles. The average molecular weight is 269 g/mol. The van der Waals surface area contributed by atoms with Crippen LogP contribution in [0.5, 0.6) is 0 Å². The number of aromatic nitrogens is 2. The topological polar surface area (TPSA) is 29.9 Å². The van der Waals surface area contributed by atoms with E-state index in [-0.39, 0.29) is 0 Å². The van der Waals surface area contributed by atoms with Gasteiger partial charge in [0.15, 0.2) is 0 Å². The molecule has 0 amide bonds. The van der Waals surface area contributed by atoms with Gasteiger partial charge in [0, 0.05) is 12.5 Å². The van der Waals surface area contributed by atoms with Crippen molar-refractivity contribution in [2.75, 3.05) is 13.1 Å². The van der Waals surface area contributed by atoms with Gasteiger partial charge < -0.3 is 9.88 Å². The SMILES string of the molecule is C=C(C)Cn1c(C2CCNCC2)nc2cc(C)ccc21. The molecule has 0 aliphatic carbocycles. The second-order valence-electron chi connectivity index (χ2n) is 6.03. The fourth-order valence-electron chi connectivity index (χ4n) is 3.09. The fraction of sp³-hybridized carbons (Fsp3) is 0.471. The van der Waals surface area contributed by atoms with Crippen LogP contribution in [0.1, 0.15) is 37.1 Å². The molecule has 3 heteroatoms. The van der Waals surface area contributed by atoms with Crippen LogP contribution in [-0.2, 0) is 6.54 Å². The molecular formula is C17H23N3. The molecule has 1 aliphatic heterocycles. The molecule has 3 nitrogen and oxygen atoms in total. The van der Waals surface area contributed by atoms with Gasteiger partial charge in [-0.05, 0) is 57.5 Å². The van der Waals surface area contributed by atoms with E-state index >= 15 is 0 Å². The maximum absolute atomic E-state index is 4.94. The Morgan fingerprint density at radius 2 is 2.15 bits per heavy atom. The first kappa shape index (κ1) is 13.4. The monoisotopic (exact) mass is 269 g/mol. The Labute approximate surface area is 120 Å². The highest BCUT2D eigenvalue weighted by Crippen LogP contribution is 2.29. The van der Waals surface area contributed by atoms with Gasteiger partial charge in [-0.1, -0.05) is 18.2 Å². The number of benzene rings is 1. The van der Waals surface area contributed by atoms with Crippen LogP contribution in [0.25, 0.3) is 11.0 Å². The highest BCUT2D eigenvalue weighted by atomic mass is 15.1. The van der Waals surface area contributed by atoms with Gasteiger partial charge in [0.05, 0.1) is 11.0 Å². The zero-order valence-corrected chi connectivity index (χ0v) is 12.4. The molecule has 0 spiro atoms. The summed E-state index contributed by atoms with van der Waals surface area (Å²) in [4.78, 5) is 4.94. The smallest absolute Gasteiger partial charge is 0.113 e. The van der Waals surface area contributed by atoms with Gasteiger partial charge in [0.25, 0.3) is 0 Å². The summed E-state index contributed by atoms with van der Waals surface area (Å²) in [5, 5.41) is 3.43. The van der Waals surface area contributed by atoms with Crippen molar-refractivity contribution in [3.05, 3.63) is 41.7 Å². The van der Waals surface area contributed by atoms with Gasteiger partial charge in [-0.25, -0.2) is 4.98 Å². The number of aryl methyl sites for hydroxylation is 1. The second kappa shape index (κ2) is 5.41. The largest absolute Gasteiger partial charge is 0.324 e. The van der Waals surface area contributed by atoms with E-state index in [1.54, 1.807) is 0 Å². The molecule has 0 unspecified atom stereocenters. The molecule has 1 aliphatic rings. The highest BCUT2D eigenvalue weighted by Gasteiger charge is 2.22. The third kappa shape index (κ3) is 2.50. The quantitative estimate of drug-likeness (QED) is 0.866. The molecule has 20 heavy (non-hydrogen) atoms. The molecule has 0 saturated carbocycles. The molecule has 3 rings (SSSR count). The van der Waals surface area contributed by atoms with Crippen molar-refractivity contribution < 1.29 is 0 Å². The zero-order chi connectivity index (χ0) is 14.1. The van der Waals surface area contributed by atoms with Crippen LogP contribution < -0.4 is 5.32 Å². The molecular weight excluding hydrogens is 246 g/mol. The molecule has 0 atom stereocenters. The molecule has 2 aromatic rings. The van der Waals surface area contributed by atoms with E-state index in [4.69, 9.17) is 4.98 Å². The first-order chi connectivity index (χ1) is 9.65. The maximum atomic E-state index is 4.94. The standard InChI is InChI=1S/C17H23N3/c1-12(2)11-20-16-5-4-13(3)10-15(16)19-17(20)14-6-8-18-9-7-14/h4-5,10,14,18H,1,6-9,11H2,2-3H3. The van der Waals surface area contributed by atoms with Crippen LogP contribution in [0.15, 0.2) is 30.4 Å². The lowest BCUT2D eigenvalue weighted by Gasteiger charge is -2.23. The summed E-state index contributed by atoms with van der Waals surface area (Å²) in [6.07, 6.45) is 2.36. The number of nitrogens with one attached hydrogen (secondary N) is 1. The first-order valence-corrected chi connectivity index (χ1v) is 7.47.